The smallest absolute Gasteiger partial charge is 0.406 e. The van der Waals surface area contributed by atoms with Gasteiger partial charge in [0.15, 0.2) is 0 Å². The third-order valence-electron chi connectivity index (χ3n) is 4.86. The molecule has 0 radical (unpaired) electrons. The first kappa shape index (κ1) is 23.6. The Labute approximate surface area is 187 Å². The molecule has 0 saturated carbocycles. The van der Waals surface area contributed by atoms with E-state index in [0.717, 1.165) is 18.9 Å². The summed E-state index contributed by atoms with van der Waals surface area (Å²) in [5, 5.41) is 5.69. The van der Waals surface area contributed by atoms with Gasteiger partial charge in [0.25, 0.3) is 5.91 Å². The molecule has 1 unspecified atom stereocenters. The maximum Gasteiger partial charge on any atom is 0.573 e. The molecule has 1 saturated heterocycles. The largest absolute Gasteiger partial charge is 0.573 e. The fraction of sp³-hybridized carbons (Fsp3) is 0.381. The van der Waals surface area contributed by atoms with Gasteiger partial charge in [-0.25, -0.2) is 4.98 Å². The van der Waals surface area contributed by atoms with E-state index in [1.165, 1.54) is 24.4 Å². The number of hydrogen-bond acceptors (Lipinski definition) is 5. The van der Waals surface area contributed by atoms with Crippen LogP contribution >= 0.6 is 11.6 Å². The topological polar surface area (TPSA) is 83.6 Å². The van der Waals surface area contributed by atoms with E-state index in [1.54, 1.807) is 13.0 Å². The van der Waals surface area contributed by atoms with Crippen molar-refractivity contribution in [3.63, 3.8) is 0 Å². The third-order valence-corrected chi connectivity index (χ3v) is 5.16. The summed E-state index contributed by atoms with van der Waals surface area (Å²) < 4.78 is 41.1. The molecule has 2 amide bonds. The predicted molar refractivity (Wildman–Crippen MR) is 114 cm³/mol. The van der Waals surface area contributed by atoms with Gasteiger partial charge >= 0.3 is 6.36 Å². The summed E-state index contributed by atoms with van der Waals surface area (Å²) in [4.78, 5) is 30.2. The van der Waals surface area contributed by atoms with Crippen LogP contribution in [0.15, 0.2) is 36.5 Å². The quantitative estimate of drug-likeness (QED) is 0.654. The van der Waals surface area contributed by atoms with Gasteiger partial charge in [-0.05, 0) is 37.1 Å². The monoisotopic (exact) mass is 470 g/mol. The average Bonchev–Trinajstić information content (AvgIpc) is 2.73. The van der Waals surface area contributed by atoms with Crippen molar-refractivity contribution in [2.75, 3.05) is 23.3 Å². The van der Waals surface area contributed by atoms with Crippen molar-refractivity contribution in [3.8, 4) is 5.75 Å². The molecule has 1 aliphatic heterocycles. The number of amides is 2. The highest BCUT2D eigenvalue weighted by Gasteiger charge is 2.31. The molecular weight excluding hydrogens is 449 g/mol. The van der Waals surface area contributed by atoms with Crippen LogP contribution in [0.3, 0.4) is 0 Å². The van der Waals surface area contributed by atoms with Crippen LogP contribution in [0, 0.1) is 0 Å². The van der Waals surface area contributed by atoms with Gasteiger partial charge in [-0.1, -0.05) is 18.5 Å². The standard InChI is InChI=1S/C21H22ClF3N4O3/c1-2-19(30)28-18-10-13(7-8-26-18)20(31)27-14-4-3-9-29(12-14)17-6-5-15(11-16(17)22)32-21(23,24)25/h5-8,10-11,14H,2-4,9,12H2,1H3,(H,27,31)(H,26,28,30). The molecule has 1 aromatic carbocycles. The summed E-state index contributed by atoms with van der Waals surface area (Å²) in [6.45, 7) is 2.80. The number of carbonyl (C=O) groups excluding carboxylic acids is 2. The number of rotatable bonds is 6. The van der Waals surface area contributed by atoms with Gasteiger partial charge in [0.1, 0.15) is 11.6 Å². The summed E-state index contributed by atoms with van der Waals surface area (Å²) in [6, 6.07) is 6.66. The number of pyridine rings is 1. The molecule has 1 fully saturated rings. The number of nitrogens with one attached hydrogen (secondary N) is 2. The Bertz CT molecular complexity index is 987. The second-order valence-electron chi connectivity index (χ2n) is 7.25. The Morgan fingerprint density at radius 2 is 2.06 bits per heavy atom. The highest BCUT2D eigenvalue weighted by Crippen LogP contribution is 2.33. The van der Waals surface area contributed by atoms with Crippen LogP contribution in [0.2, 0.25) is 5.02 Å². The Hall–Kier alpha value is -3.01. The van der Waals surface area contributed by atoms with Gasteiger partial charge in [-0.15, -0.1) is 13.2 Å². The summed E-state index contributed by atoms with van der Waals surface area (Å²) in [5.41, 5.74) is 0.920. The Morgan fingerprint density at radius 3 is 2.75 bits per heavy atom. The first-order valence-corrected chi connectivity index (χ1v) is 10.4. The lowest BCUT2D eigenvalue weighted by Crippen LogP contribution is -2.48. The maximum atomic E-state index is 12.7. The Morgan fingerprint density at radius 1 is 1.28 bits per heavy atom. The Balaban J connectivity index is 1.65. The molecule has 1 aliphatic rings. The minimum Gasteiger partial charge on any atom is -0.406 e. The van der Waals surface area contributed by atoms with Gasteiger partial charge in [-0.2, -0.15) is 0 Å². The fourth-order valence-corrected chi connectivity index (χ4v) is 3.69. The minimum absolute atomic E-state index is 0.129. The van der Waals surface area contributed by atoms with Crippen molar-refractivity contribution in [2.24, 2.45) is 0 Å². The lowest BCUT2D eigenvalue weighted by molar-refractivity contribution is -0.274. The number of carbonyl (C=O) groups is 2. The number of aromatic nitrogens is 1. The van der Waals surface area contributed by atoms with Crippen LogP contribution in [0.1, 0.15) is 36.5 Å². The van der Waals surface area contributed by atoms with Crippen LogP contribution < -0.4 is 20.3 Å². The number of halogens is 4. The van der Waals surface area contributed by atoms with E-state index in [4.69, 9.17) is 11.6 Å². The minimum atomic E-state index is -4.79. The predicted octanol–water partition coefficient (Wildman–Crippen LogP) is 4.38. The molecule has 11 heteroatoms. The van der Waals surface area contributed by atoms with Crippen molar-refractivity contribution < 1.29 is 27.5 Å². The van der Waals surface area contributed by atoms with Crippen molar-refractivity contribution in [3.05, 3.63) is 47.1 Å². The molecule has 32 heavy (non-hydrogen) atoms. The normalized spacial score (nSPS) is 16.4. The van der Waals surface area contributed by atoms with Gasteiger partial charge in [0.05, 0.1) is 10.7 Å². The fourth-order valence-electron chi connectivity index (χ4n) is 3.40. The van der Waals surface area contributed by atoms with E-state index in [9.17, 15) is 22.8 Å². The number of benzene rings is 1. The lowest BCUT2D eigenvalue weighted by Gasteiger charge is -2.35. The number of nitrogens with zero attached hydrogens (tertiary/aromatic N) is 2. The summed E-state index contributed by atoms with van der Waals surface area (Å²) >= 11 is 6.19. The van der Waals surface area contributed by atoms with Crippen molar-refractivity contribution >= 4 is 34.9 Å². The molecule has 2 N–H and O–H groups in total. The molecule has 2 aromatic rings. The molecule has 1 aromatic heterocycles. The van der Waals surface area contributed by atoms with E-state index in [0.29, 0.717) is 36.6 Å². The zero-order chi connectivity index (χ0) is 23.3. The van der Waals surface area contributed by atoms with Gasteiger partial charge in [-0.3, -0.25) is 9.59 Å². The molecular formula is C21H22ClF3N4O3. The lowest BCUT2D eigenvalue weighted by atomic mass is 10.0. The van der Waals surface area contributed by atoms with Crippen LogP contribution in [-0.2, 0) is 4.79 Å². The van der Waals surface area contributed by atoms with Gasteiger partial charge in [0.2, 0.25) is 5.91 Å². The number of piperidine rings is 1. The second-order valence-corrected chi connectivity index (χ2v) is 7.66. The molecule has 2 heterocycles. The van der Waals surface area contributed by atoms with E-state index < -0.39 is 12.1 Å². The number of ether oxygens (including phenoxy) is 1. The SMILES string of the molecule is CCC(=O)Nc1cc(C(=O)NC2CCCN(c3ccc(OC(F)(F)F)cc3Cl)C2)ccn1. The van der Waals surface area contributed by atoms with Crippen LogP contribution in [0.4, 0.5) is 24.7 Å². The Kier molecular flexibility index (Phi) is 7.44. The molecule has 172 valence electrons. The summed E-state index contributed by atoms with van der Waals surface area (Å²) in [5.74, 6) is -0.618. The summed E-state index contributed by atoms with van der Waals surface area (Å²) in [7, 11) is 0. The summed E-state index contributed by atoms with van der Waals surface area (Å²) in [6.07, 6.45) is -1.56. The number of anilines is 2. The average molecular weight is 471 g/mol. The van der Waals surface area contributed by atoms with Crippen molar-refractivity contribution in [2.45, 2.75) is 38.6 Å². The van der Waals surface area contributed by atoms with E-state index in [-0.39, 0.29) is 22.9 Å². The number of alkyl halides is 3. The van der Waals surface area contributed by atoms with E-state index in [2.05, 4.69) is 20.4 Å². The van der Waals surface area contributed by atoms with Crippen molar-refractivity contribution in [1.82, 2.24) is 10.3 Å². The maximum absolute atomic E-state index is 12.7. The van der Waals surface area contributed by atoms with Crippen LogP contribution in [0.5, 0.6) is 5.75 Å². The zero-order valence-corrected chi connectivity index (χ0v) is 18.0. The zero-order valence-electron chi connectivity index (χ0n) is 17.2. The first-order valence-electron chi connectivity index (χ1n) is 10.0. The molecule has 0 bridgehead atoms. The van der Waals surface area contributed by atoms with Gasteiger partial charge in [0, 0.05) is 43.4 Å². The van der Waals surface area contributed by atoms with Gasteiger partial charge < -0.3 is 20.3 Å². The van der Waals surface area contributed by atoms with E-state index >= 15 is 0 Å². The van der Waals surface area contributed by atoms with Crippen molar-refractivity contribution in [1.29, 1.82) is 0 Å². The number of hydrogen-bond donors (Lipinski definition) is 2. The second kappa shape index (κ2) is 10.1. The van der Waals surface area contributed by atoms with E-state index in [1.807, 2.05) is 4.90 Å². The molecule has 0 spiro atoms. The molecule has 0 aliphatic carbocycles. The van der Waals surface area contributed by atoms with Crippen LogP contribution in [0.25, 0.3) is 0 Å². The molecule has 3 rings (SSSR count). The third kappa shape index (κ3) is 6.49. The van der Waals surface area contributed by atoms with Crippen LogP contribution in [-0.4, -0.2) is 42.3 Å². The molecule has 7 nitrogen and oxygen atoms in total. The highest BCUT2D eigenvalue weighted by atomic mass is 35.5. The first-order chi connectivity index (χ1) is 15.1. The molecule has 1 atom stereocenters. The highest BCUT2D eigenvalue weighted by molar-refractivity contribution is 6.33.